The van der Waals surface area contributed by atoms with Crippen molar-refractivity contribution in [2.24, 2.45) is 0 Å². The first kappa shape index (κ1) is 23.2. The number of para-hydroxylation sites is 1. The zero-order valence-corrected chi connectivity index (χ0v) is 20.4. The van der Waals surface area contributed by atoms with Crippen molar-refractivity contribution < 1.29 is 14.4 Å². The van der Waals surface area contributed by atoms with Crippen LogP contribution in [0, 0.1) is 0 Å². The highest BCUT2D eigenvalue weighted by Crippen LogP contribution is 2.33. The van der Waals surface area contributed by atoms with Crippen molar-refractivity contribution >= 4 is 35.2 Å². The van der Waals surface area contributed by atoms with E-state index in [1.54, 1.807) is 33.7 Å². The van der Waals surface area contributed by atoms with Gasteiger partial charge in [-0.25, -0.2) is 0 Å². The molecule has 2 aliphatic rings. The number of hydrogen-bond donors (Lipinski definition) is 1. The summed E-state index contributed by atoms with van der Waals surface area (Å²) in [6.45, 7) is 1.34. The highest BCUT2D eigenvalue weighted by molar-refractivity contribution is 7.98. The number of carbonyl (C=O) groups is 3. The quantitative estimate of drug-likeness (QED) is 0.523. The second-order valence-corrected chi connectivity index (χ2v) is 9.71. The lowest BCUT2D eigenvalue weighted by molar-refractivity contribution is -0.122. The van der Waals surface area contributed by atoms with E-state index in [9.17, 15) is 14.4 Å². The molecule has 6 nitrogen and oxygen atoms in total. The monoisotopic (exact) mass is 485 g/mol. The van der Waals surface area contributed by atoms with Gasteiger partial charge in [-0.3, -0.25) is 14.4 Å². The second kappa shape index (κ2) is 9.96. The summed E-state index contributed by atoms with van der Waals surface area (Å²) < 4.78 is 0. The first-order chi connectivity index (χ1) is 17.0. The van der Waals surface area contributed by atoms with E-state index in [1.807, 2.05) is 66.9 Å². The van der Waals surface area contributed by atoms with E-state index >= 15 is 0 Å². The smallest absolute Gasteiger partial charge is 0.256 e. The van der Waals surface area contributed by atoms with E-state index in [1.165, 1.54) is 4.90 Å². The van der Waals surface area contributed by atoms with Crippen LogP contribution in [0.1, 0.15) is 44.7 Å². The molecule has 7 heteroatoms. The summed E-state index contributed by atoms with van der Waals surface area (Å²) in [7, 11) is 0. The normalized spacial score (nSPS) is 17.1. The lowest BCUT2D eigenvalue weighted by Gasteiger charge is -2.26. The lowest BCUT2D eigenvalue weighted by atomic mass is 10.1. The molecule has 35 heavy (non-hydrogen) atoms. The molecule has 3 aromatic rings. The Morgan fingerprint density at radius 3 is 2.60 bits per heavy atom. The molecule has 2 heterocycles. The van der Waals surface area contributed by atoms with Gasteiger partial charge in [0.05, 0.1) is 17.8 Å². The van der Waals surface area contributed by atoms with Gasteiger partial charge < -0.3 is 15.1 Å². The van der Waals surface area contributed by atoms with Crippen LogP contribution >= 0.6 is 11.8 Å². The van der Waals surface area contributed by atoms with Gasteiger partial charge in [0.2, 0.25) is 5.91 Å². The molecule has 0 saturated carbocycles. The summed E-state index contributed by atoms with van der Waals surface area (Å²) in [4.78, 5) is 44.1. The predicted octanol–water partition coefficient (Wildman–Crippen LogP) is 4.49. The van der Waals surface area contributed by atoms with Gasteiger partial charge in [-0.1, -0.05) is 36.4 Å². The minimum absolute atomic E-state index is 0.0654. The Hall–Kier alpha value is -3.58. The van der Waals surface area contributed by atoms with Gasteiger partial charge in [0.25, 0.3) is 11.8 Å². The summed E-state index contributed by atoms with van der Waals surface area (Å²) in [5.74, 6) is -0.317. The molecular formula is C28H27N3O3S. The molecular weight excluding hydrogens is 458 g/mol. The number of nitrogens with zero attached hydrogens (tertiary/aromatic N) is 2. The molecule has 5 rings (SSSR count). The van der Waals surface area contributed by atoms with Gasteiger partial charge in [-0.2, -0.15) is 0 Å². The largest absolute Gasteiger partial charge is 0.348 e. The number of fused-ring (bicyclic) bond motifs is 2. The molecule has 0 aliphatic carbocycles. The van der Waals surface area contributed by atoms with Gasteiger partial charge in [-0.05, 0) is 66.6 Å². The molecule has 1 saturated heterocycles. The number of carbonyl (C=O) groups excluding carboxylic acids is 3. The number of nitrogens with one attached hydrogen (secondary N) is 1. The van der Waals surface area contributed by atoms with Crippen molar-refractivity contribution in [1.82, 2.24) is 10.2 Å². The minimum atomic E-state index is -0.432. The molecule has 0 unspecified atom stereocenters. The Kier molecular flexibility index (Phi) is 6.59. The van der Waals surface area contributed by atoms with Crippen LogP contribution in [0.3, 0.4) is 0 Å². The topological polar surface area (TPSA) is 69.7 Å². The summed E-state index contributed by atoms with van der Waals surface area (Å²) in [6.07, 6.45) is 3.53. The minimum Gasteiger partial charge on any atom is -0.348 e. The van der Waals surface area contributed by atoms with Crippen molar-refractivity contribution in [3.8, 4) is 0 Å². The Morgan fingerprint density at radius 1 is 1.00 bits per heavy atom. The average Bonchev–Trinajstić information content (AvgIpc) is 3.37. The van der Waals surface area contributed by atoms with E-state index < -0.39 is 6.04 Å². The van der Waals surface area contributed by atoms with E-state index in [-0.39, 0.29) is 17.7 Å². The summed E-state index contributed by atoms with van der Waals surface area (Å²) in [6, 6.07) is 22.3. The number of amides is 3. The Balaban J connectivity index is 1.35. The maximum Gasteiger partial charge on any atom is 0.256 e. The molecule has 1 fully saturated rings. The third kappa shape index (κ3) is 4.68. The molecule has 0 aromatic heterocycles. The number of thioether (sulfide) groups is 1. The van der Waals surface area contributed by atoms with E-state index in [0.29, 0.717) is 42.9 Å². The average molecular weight is 486 g/mol. The maximum atomic E-state index is 13.5. The maximum absolute atomic E-state index is 13.5. The Labute approximate surface area is 209 Å². The van der Waals surface area contributed by atoms with Crippen molar-refractivity contribution in [1.29, 1.82) is 0 Å². The highest BCUT2D eigenvalue weighted by atomic mass is 32.2. The molecule has 2 aliphatic heterocycles. The molecule has 178 valence electrons. The van der Waals surface area contributed by atoms with Crippen LogP contribution in [0.5, 0.6) is 0 Å². The van der Waals surface area contributed by atoms with Gasteiger partial charge in [0, 0.05) is 23.5 Å². The molecule has 3 aromatic carbocycles. The fourth-order valence-corrected chi connectivity index (χ4v) is 5.20. The van der Waals surface area contributed by atoms with E-state index in [4.69, 9.17) is 0 Å². The SMILES string of the molecule is CSc1ccc(CNC(=O)c2cccc(CN3C(=O)[C@H]4CCCN4C(=O)c4ccccc43)c2)cc1. The highest BCUT2D eigenvalue weighted by Gasteiger charge is 2.41. The van der Waals surface area contributed by atoms with Crippen LogP contribution in [0.2, 0.25) is 0 Å². The van der Waals surface area contributed by atoms with Gasteiger partial charge in [0.1, 0.15) is 6.04 Å². The van der Waals surface area contributed by atoms with Crippen LogP contribution in [0.25, 0.3) is 0 Å². The molecule has 0 bridgehead atoms. The standard InChI is InChI=1S/C28H27N3O3S/c1-35-22-13-11-19(12-14-22)17-29-26(32)21-7-4-6-20(16-21)18-31-24-9-3-2-8-23(24)27(33)30-15-5-10-25(30)28(31)34/h2-4,6-9,11-14,16,25H,5,10,15,17-18H2,1H3,(H,29,32)/t25-/m1/s1. The van der Waals surface area contributed by atoms with Crippen molar-refractivity contribution in [2.75, 3.05) is 17.7 Å². The van der Waals surface area contributed by atoms with Crippen LogP contribution in [0.15, 0.2) is 77.7 Å². The molecule has 1 N–H and O–H groups in total. The summed E-state index contributed by atoms with van der Waals surface area (Å²) in [5, 5.41) is 2.98. The molecule has 0 spiro atoms. The Morgan fingerprint density at radius 2 is 1.80 bits per heavy atom. The lowest BCUT2D eigenvalue weighted by Crippen LogP contribution is -2.44. The van der Waals surface area contributed by atoms with Crippen LogP contribution in [-0.2, 0) is 17.9 Å². The second-order valence-electron chi connectivity index (χ2n) is 8.83. The first-order valence-electron chi connectivity index (χ1n) is 11.8. The first-order valence-corrected chi connectivity index (χ1v) is 13.0. The summed E-state index contributed by atoms with van der Waals surface area (Å²) in [5.41, 5.74) is 3.58. The van der Waals surface area contributed by atoms with Crippen molar-refractivity contribution in [3.05, 3.63) is 95.1 Å². The van der Waals surface area contributed by atoms with E-state index in [2.05, 4.69) is 5.32 Å². The fraction of sp³-hybridized carbons (Fsp3) is 0.250. The van der Waals surface area contributed by atoms with Crippen molar-refractivity contribution in [2.45, 2.75) is 36.9 Å². The van der Waals surface area contributed by atoms with Crippen LogP contribution in [0.4, 0.5) is 5.69 Å². The van der Waals surface area contributed by atoms with E-state index in [0.717, 1.165) is 17.5 Å². The zero-order valence-electron chi connectivity index (χ0n) is 19.6. The van der Waals surface area contributed by atoms with Crippen molar-refractivity contribution in [3.63, 3.8) is 0 Å². The Bertz CT molecular complexity index is 1270. The number of benzene rings is 3. The number of anilines is 1. The van der Waals surface area contributed by atoms with Gasteiger partial charge >= 0.3 is 0 Å². The fourth-order valence-electron chi connectivity index (χ4n) is 4.79. The van der Waals surface area contributed by atoms with Gasteiger partial charge in [-0.15, -0.1) is 11.8 Å². The summed E-state index contributed by atoms with van der Waals surface area (Å²) >= 11 is 1.68. The third-order valence-electron chi connectivity index (χ3n) is 6.63. The van der Waals surface area contributed by atoms with Gasteiger partial charge in [0.15, 0.2) is 0 Å². The van der Waals surface area contributed by atoms with Crippen LogP contribution < -0.4 is 10.2 Å². The third-order valence-corrected chi connectivity index (χ3v) is 7.38. The number of hydrogen-bond acceptors (Lipinski definition) is 4. The molecule has 3 amide bonds. The zero-order chi connectivity index (χ0) is 24.4. The molecule has 0 radical (unpaired) electrons. The number of rotatable bonds is 6. The predicted molar refractivity (Wildman–Crippen MR) is 138 cm³/mol. The van der Waals surface area contributed by atoms with Crippen LogP contribution in [-0.4, -0.2) is 41.5 Å². The molecule has 1 atom stereocenters.